The molecule has 3 nitrogen and oxygen atoms in total. The van der Waals surface area contributed by atoms with E-state index in [9.17, 15) is 0 Å². The molecule has 3 heteroatoms. The fourth-order valence-corrected chi connectivity index (χ4v) is 1.57. The molecule has 1 atom stereocenters. The van der Waals surface area contributed by atoms with Crippen LogP contribution in [0.2, 0.25) is 0 Å². The number of hydrogen-bond donors (Lipinski definition) is 2. The Kier molecular flexibility index (Phi) is 9.33. The van der Waals surface area contributed by atoms with Crippen LogP contribution in [0.5, 0.6) is 0 Å². The number of nitrogens with one attached hydrogen (secondary N) is 1. The highest BCUT2D eigenvalue weighted by molar-refractivity contribution is 5.78. The summed E-state index contributed by atoms with van der Waals surface area (Å²) in [6, 6.07) is 0.510. The molecule has 0 saturated heterocycles. The lowest BCUT2D eigenvalue weighted by Crippen LogP contribution is -2.40. The molecule has 0 fully saturated rings. The Hall–Kier alpha value is -0.730. The van der Waals surface area contributed by atoms with Crippen molar-refractivity contribution in [2.45, 2.75) is 65.3 Å². The lowest BCUT2D eigenvalue weighted by atomic mass is 10.1. The molecule has 0 rings (SSSR count). The van der Waals surface area contributed by atoms with Gasteiger partial charge in [-0.15, -0.1) is 0 Å². The monoisotopic (exact) mass is 213 g/mol. The summed E-state index contributed by atoms with van der Waals surface area (Å²) in [5.74, 6) is 0.617. The molecule has 0 heterocycles. The van der Waals surface area contributed by atoms with Gasteiger partial charge in [0.1, 0.15) is 0 Å². The Morgan fingerprint density at radius 3 is 2.40 bits per heavy atom. The zero-order chi connectivity index (χ0) is 11.5. The molecule has 0 aliphatic rings. The van der Waals surface area contributed by atoms with Crippen molar-refractivity contribution in [3.8, 4) is 0 Å². The van der Waals surface area contributed by atoms with Crippen molar-refractivity contribution in [1.29, 1.82) is 0 Å². The van der Waals surface area contributed by atoms with Crippen molar-refractivity contribution in [2.24, 2.45) is 10.7 Å². The summed E-state index contributed by atoms with van der Waals surface area (Å²) < 4.78 is 0. The summed E-state index contributed by atoms with van der Waals surface area (Å²) >= 11 is 0. The number of unbranched alkanes of at least 4 members (excludes halogenated alkanes) is 1. The van der Waals surface area contributed by atoms with Crippen LogP contribution in [0.4, 0.5) is 0 Å². The molecule has 0 radical (unpaired) electrons. The Balaban J connectivity index is 3.90. The van der Waals surface area contributed by atoms with Crippen molar-refractivity contribution in [2.75, 3.05) is 6.54 Å². The molecular formula is C12H27N3. The number of guanidine groups is 1. The minimum Gasteiger partial charge on any atom is -0.370 e. The van der Waals surface area contributed by atoms with Crippen molar-refractivity contribution in [3.05, 3.63) is 0 Å². The summed E-state index contributed by atoms with van der Waals surface area (Å²) in [4.78, 5) is 4.26. The van der Waals surface area contributed by atoms with Crippen molar-refractivity contribution in [1.82, 2.24) is 5.32 Å². The standard InChI is InChI=1S/C12H27N3/c1-4-7-9-11(8-5-2)15-12(13)14-10-6-3/h11H,4-10H2,1-3H3,(H3,13,14,15). The van der Waals surface area contributed by atoms with Gasteiger partial charge in [-0.25, -0.2) is 0 Å². The first kappa shape index (κ1) is 14.3. The van der Waals surface area contributed by atoms with E-state index in [-0.39, 0.29) is 0 Å². The molecule has 0 spiro atoms. The van der Waals surface area contributed by atoms with Gasteiger partial charge in [0, 0.05) is 12.6 Å². The molecule has 1 unspecified atom stereocenters. The summed E-state index contributed by atoms with van der Waals surface area (Å²) in [5.41, 5.74) is 5.80. The lowest BCUT2D eigenvalue weighted by molar-refractivity contribution is 0.492. The maximum Gasteiger partial charge on any atom is 0.188 e. The third-order valence-electron chi connectivity index (χ3n) is 2.40. The Bertz CT molecular complexity index is 166. The van der Waals surface area contributed by atoms with Crippen LogP contribution in [-0.2, 0) is 0 Å². The molecule has 0 aliphatic heterocycles. The van der Waals surface area contributed by atoms with Gasteiger partial charge in [-0.2, -0.15) is 0 Å². The zero-order valence-electron chi connectivity index (χ0n) is 10.6. The highest BCUT2D eigenvalue weighted by Crippen LogP contribution is 2.06. The molecule has 0 aromatic rings. The predicted molar refractivity (Wildman–Crippen MR) is 68.1 cm³/mol. The first-order valence-corrected chi connectivity index (χ1v) is 6.31. The molecule has 0 bridgehead atoms. The van der Waals surface area contributed by atoms with Crippen molar-refractivity contribution in [3.63, 3.8) is 0 Å². The third kappa shape index (κ3) is 8.28. The molecule has 0 saturated carbocycles. The van der Waals surface area contributed by atoms with E-state index in [2.05, 4.69) is 31.1 Å². The summed E-state index contributed by atoms with van der Waals surface area (Å²) in [6.07, 6.45) is 7.14. The molecule has 0 aliphatic carbocycles. The van der Waals surface area contributed by atoms with Gasteiger partial charge >= 0.3 is 0 Å². The second-order valence-electron chi connectivity index (χ2n) is 4.04. The topological polar surface area (TPSA) is 50.4 Å². The molecule has 15 heavy (non-hydrogen) atoms. The van der Waals surface area contributed by atoms with Crippen LogP contribution in [0.3, 0.4) is 0 Å². The van der Waals surface area contributed by atoms with E-state index in [0.717, 1.165) is 13.0 Å². The van der Waals surface area contributed by atoms with E-state index < -0.39 is 0 Å². The van der Waals surface area contributed by atoms with Gasteiger partial charge in [-0.05, 0) is 19.3 Å². The Morgan fingerprint density at radius 1 is 1.13 bits per heavy atom. The van der Waals surface area contributed by atoms with Crippen LogP contribution in [0.1, 0.15) is 59.3 Å². The van der Waals surface area contributed by atoms with E-state index >= 15 is 0 Å². The van der Waals surface area contributed by atoms with Gasteiger partial charge in [0.2, 0.25) is 0 Å². The quantitative estimate of drug-likeness (QED) is 0.481. The van der Waals surface area contributed by atoms with Crippen LogP contribution in [0.15, 0.2) is 4.99 Å². The molecule has 0 amide bonds. The highest BCUT2D eigenvalue weighted by Gasteiger charge is 2.06. The largest absolute Gasteiger partial charge is 0.370 e. The SMILES string of the molecule is CCCCC(CCC)NC(N)=NCCC. The summed E-state index contributed by atoms with van der Waals surface area (Å²) in [5, 5.41) is 3.32. The second kappa shape index (κ2) is 9.81. The van der Waals surface area contributed by atoms with Crippen LogP contribution >= 0.6 is 0 Å². The van der Waals surface area contributed by atoms with Gasteiger partial charge in [0.25, 0.3) is 0 Å². The maximum absolute atomic E-state index is 5.80. The van der Waals surface area contributed by atoms with E-state index in [4.69, 9.17) is 5.73 Å². The minimum absolute atomic E-state index is 0.510. The molecule has 90 valence electrons. The number of rotatable bonds is 8. The predicted octanol–water partition coefficient (Wildman–Crippen LogP) is 2.66. The van der Waals surface area contributed by atoms with E-state index in [1.807, 2.05) is 0 Å². The first-order valence-electron chi connectivity index (χ1n) is 6.31. The lowest BCUT2D eigenvalue weighted by Gasteiger charge is -2.18. The van der Waals surface area contributed by atoms with Crippen LogP contribution in [0, 0.1) is 0 Å². The Labute approximate surface area is 94.5 Å². The highest BCUT2D eigenvalue weighted by atomic mass is 15.1. The van der Waals surface area contributed by atoms with Crippen LogP contribution in [0.25, 0.3) is 0 Å². The molecule has 3 N–H and O–H groups in total. The van der Waals surface area contributed by atoms with E-state index in [1.54, 1.807) is 0 Å². The molecule has 0 aromatic carbocycles. The smallest absolute Gasteiger partial charge is 0.188 e. The normalized spacial score (nSPS) is 13.9. The van der Waals surface area contributed by atoms with E-state index in [0.29, 0.717) is 12.0 Å². The zero-order valence-corrected chi connectivity index (χ0v) is 10.6. The van der Waals surface area contributed by atoms with Crippen LogP contribution < -0.4 is 11.1 Å². The average molecular weight is 213 g/mol. The van der Waals surface area contributed by atoms with Gasteiger partial charge < -0.3 is 11.1 Å². The van der Waals surface area contributed by atoms with Crippen molar-refractivity contribution < 1.29 is 0 Å². The van der Waals surface area contributed by atoms with E-state index in [1.165, 1.54) is 32.1 Å². The fraction of sp³-hybridized carbons (Fsp3) is 0.917. The fourth-order valence-electron chi connectivity index (χ4n) is 1.57. The average Bonchev–Trinajstić information content (AvgIpc) is 2.23. The van der Waals surface area contributed by atoms with Gasteiger partial charge in [-0.1, -0.05) is 40.0 Å². The number of hydrogen-bond acceptors (Lipinski definition) is 1. The summed E-state index contributed by atoms with van der Waals surface area (Å²) in [7, 11) is 0. The summed E-state index contributed by atoms with van der Waals surface area (Å²) in [6.45, 7) is 7.36. The number of aliphatic imine (C=N–C) groups is 1. The molecular weight excluding hydrogens is 186 g/mol. The first-order chi connectivity index (χ1) is 7.24. The molecule has 0 aromatic heterocycles. The van der Waals surface area contributed by atoms with Gasteiger partial charge in [-0.3, -0.25) is 4.99 Å². The van der Waals surface area contributed by atoms with Gasteiger partial charge in [0.05, 0.1) is 0 Å². The van der Waals surface area contributed by atoms with Crippen LogP contribution in [-0.4, -0.2) is 18.5 Å². The van der Waals surface area contributed by atoms with Crippen molar-refractivity contribution >= 4 is 5.96 Å². The number of nitrogens with zero attached hydrogens (tertiary/aromatic N) is 1. The van der Waals surface area contributed by atoms with Gasteiger partial charge in [0.15, 0.2) is 5.96 Å². The number of nitrogens with two attached hydrogens (primary N) is 1. The minimum atomic E-state index is 0.510. The maximum atomic E-state index is 5.80. The third-order valence-corrected chi connectivity index (χ3v) is 2.40. The Morgan fingerprint density at radius 2 is 1.87 bits per heavy atom. The second-order valence-corrected chi connectivity index (χ2v) is 4.04.